The summed E-state index contributed by atoms with van der Waals surface area (Å²) in [6.07, 6.45) is 1.03. The van der Waals surface area contributed by atoms with Crippen LogP contribution in [0.2, 0.25) is 0 Å². The van der Waals surface area contributed by atoms with E-state index in [1.54, 1.807) is 4.90 Å². The van der Waals surface area contributed by atoms with Crippen molar-refractivity contribution < 1.29 is 4.79 Å². The Bertz CT molecular complexity index is 431. The summed E-state index contributed by atoms with van der Waals surface area (Å²) < 4.78 is 0. The lowest BCUT2D eigenvalue weighted by atomic mass is 9.96. The van der Waals surface area contributed by atoms with Crippen LogP contribution in [0.15, 0.2) is 12.1 Å². The molecule has 0 aliphatic carbocycles. The number of nitrogens with zero attached hydrogens (tertiary/aromatic N) is 1. The summed E-state index contributed by atoms with van der Waals surface area (Å²) in [6, 6.07) is 4.41. The van der Waals surface area contributed by atoms with E-state index in [1.807, 2.05) is 7.05 Å². The molecule has 0 aromatic heterocycles. The highest BCUT2D eigenvalue weighted by molar-refractivity contribution is 5.80. The van der Waals surface area contributed by atoms with Gasteiger partial charge in [-0.3, -0.25) is 10.1 Å². The molecular formula is C14H20N2O. The predicted molar refractivity (Wildman–Crippen MR) is 68.9 cm³/mol. The zero-order chi connectivity index (χ0) is 12.6. The van der Waals surface area contributed by atoms with Gasteiger partial charge in [0.15, 0.2) is 0 Å². The lowest BCUT2D eigenvalue weighted by Crippen LogP contribution is -2.36. The molecule has 0 radical (unpaired) electrons. The van der Waals surface area contributed by atoms with Crippen molar-refractivity contribution in [3.05, 3.63) is 34.4 Å². The first-order chi connectivity index (χ1) is 7.99. The van der Waals surface area contributed by atoms with Crippen molar-refractivity contribution in [1.82, 2.24) is 10.2 Å². The van der Waals surface area contributed by atoms with E-state index in [9.17, 15) is 4.79 Å². The van der Waals surface area contributed by atoms with Crippen molar-refractivity contribution in [1.29, 1.82) is 0 Å². The van der Waals surface area contributed by atoms with E-state index >= 15 is 0 Å². The number of carbonyl (C=O) groups excluding carboxylic acids is 1. The van der Waals surface area contributed by atoms with Gasteiger partial charge in [0.1, 0.15) is 0 Å². The molecule has 1 heterocycles. The monoisotopic (exact) mass is 232 g/mol. The second-order valence-corrected chi connectivity index (χ2v) is 4.98. The van der Waals surface area contributed by atoms with Gasteiger partial charge >= 0.3 is 0 Å². The topological polar surface area (TPSA) is 32.3 Å². The second-order valence-electron chi connectivity index (χ2n) is 4.98. The quantitative estimate of drug-likeness (QED) is 0.839. The van der Waals surface area contributed by atoms with Crippen molar-refractivity contribution >= 4 is 5.91 Å². The Balaban J connectivity index is 2.22. The van der Waals surface area contributed by atoms with Gasteiger partial charge in [-0.25, -0.2) is 0 Å². The minimum atomic E-state index is 0.141. The van der Waals surface area contributed by atoms with Crippen LogP contribution < -0.4 is 5.32 Å². The van der Waals surface area contributed by atoms with Crippen molar-refractivity contribution in [2.75, 3.05) is 13.6 Å². The number of hydrogen-bond acceptors (Lipinski definition) is 2. The van der Waals surface area contributed by atoms with Gasteiger partial charge in [0, 0.05) is 13.5 Å². The third kappa shape index (κ3) is 2.34. The summed E-state index contributed by atoms with van der Waals surface area (Å²) in [5.41, 5.74) is 5.29. The van der Waals surface area contributed by atoms with E-state index in [2.05, 4.69) is 38.2 Å². The molecule has 2 rings (SSSR count). The summed E-state index contributed by atoms with van der Waals surface area (Å²) >= 11 is 0. The van der Waals surface area contributed by atoms with Crippen LogP contribution in [0.3, 0.4) is 0 Å². The Labute approximate surface area is 103 Å². The van der Waals surface area contributed by atoms with Gasteiger partial charge in [-0.15, -0.1) is 0 Å². The normalized spacial score (nSPS) is 20.1. The molecule has 1 saturated heterocycles. The van der Waals surface area contributed by atoms with Gasteiger partial charge in [-0.2, -0.15) is 0 Å². The van der Waals surface area contributed by atoms with E-state index in [0.29, 0.717) is 6.54 Å². The third-order valence-corrected chi connectivity index (χ3v) is 3.59. The largest absolute Gasteiger partial charge is 0.329 e. The molecule has 1 aromatic rings. The number of benzene rings is 1. The van der Waals surface area contributed by atoms with Gasteiger partial charge < -0.3 is 4.90 Å². The fourth-order valence-electron chi connectivity index (χ4n) is 2.57. The number of amides is 1. The summed E-state index contributed by atoms with van der Waals surface area (Å²) in [5, 5.41) is 3.25. The van der Waals surface area contributed by atoms with Gasteiger partial charge in [0.05, 0.1) is 12.7 Å². The zero-order valence-electron chi connectivity index (χ0n) is 11.0. The summed E-state index contributed by atoms with van der Waals surface area (Å²) in [6.45, 7) is 6.87. The van der Waals surface area contributed by atoms with Crippen LogP contribution in [0.5, 0.6) is 0 Å². The number of likely N-dealkylation sites (N-methyl/N-ethyl adjacent to an activating group) is 1. The SMILES string of the molecule is Cc1cc(C)c(C[C@H]2NCC(=O)N2C)c(C)c1. The Morgan fingerprint density at radius 2 is 1.88 bits per heavy atom. The second kappa shape index (κ2) is 4.49. The molecule has 1 fully saturated rings. The van der Waals surface area contributed by atoms with Gasteiger partial charge in [0.2, 0.25) is 5.91 Å². The van der Waals surface area contributed by atoms with Crippen LogP contribution >= 0.6 is 0 Å². The first kappa shape index (κ1) is 12.1. The van der Waals surface area contributed by atoms with Gasteiger partial charge in [-0.1, -0.05) is 17.7 Å². The molecule has 92 valence electrons. The maximum absolute atomic E-state index is 11.5. The molecule has 17 heavy (non-hydrogen) atoms. The van der Waals surface area contributed by atoms with E-state index in [1.165, 1.54) is 22.3 Å². The first-order valence-electron chi connectivity index (χ1n) is 6.05. The Hall–Kier alpha value is -1.35. The van der Waals surface area contributed by atoms with Crippen LogP contribution in [0, 0.1) is 20.8 Å². The van der Waals surface area contributed by atoms with Crippen molar-refractivity contribution in [2.24, 2.45) is 0 Å². The molecule has 1 aliphatic rings. The molecule has 1 N–H and O–H groups in total. The predicted octanol–water partition coefficient (Wildman–Crippen LogP) is 1.54. The number of nitrogens with one attached hydrogen (secondary N) is 1. The number of carbonyl (C=O) groups is 1. The van der Waals surface area contributed by atoms with Crippen LogP contribution in [0.4, 0.5) is 0 Å². The van der Waals surface area contributed by atoms with Crippen LogP contribution in [0.1, 0.15) is 22.3 Å². The minimum absolute atomic E-state index is 0.141. The van der Waals surface area contributed by atoms with E-state index < -0.39 is 0 Å². The summed E-state index contributed by atoms with van der Waals surface area (Å²) in [4.78, 5) is 13.3. The molecule has 0 unspecified atom stereocenters. The number of rotatable bonds is 2. The summed E-state index contributed by atoms with van der Waals surface area (Å²) in [7, 11) is 1.87. The lowest BCUT2D eigenvalue weighted by Gasteiger charge is -2.22. The number of hydrogen-bond donors (Lipinski definition) is 1. The molecule has 0 spiro atoms. The maximum atomic E-state index is 11.5. The van der Waals surface area contributed by atoms with Gasteiger partial charge in [0.25, 0.3) is 0 Å². The van der Waals surface area contributed by atoms with E-state index in [4.69, 9.17) is 0 Å². The molecule has 0 bridgehead atoms. The fraction of sp³-hybridized carbons (Fsp3) is 0.500. The summed E-state index contributed by atoms with van der Waals surface area (Å²) in [5.74, 6) is 0.178. The highest BCUT2D eigenvalue weighted by Crippen LogP contribution is 2.19. The number of aryl methyl sites for hydroxylation is 3. The minimum Gasteiger partial charge on any atom is -0.329 e. The van der Waals surface area contributed by atoms with Crippen molar-refractivity contribution in [3.63, 3.8) is 0 Å². The average molecular weight is 232 g/mol. The van der Waals surface area contributed by atoms with Gasteiger partial charge in [-0.05, 0) is 37.5 Å². The Morgan fingerprint density at radius 1 is 1.29 bits per heavy atom. The first-order valence-corrected chi connectivity index (χ1v) is 6.05. The lowest BCUT2D eigenvalue weighted by molar-refractivity contribution is -0.126. The van der Waals surface area contributed by atoms with Crippen molar-refractivity contribution in [3.8, 4) is 0 Å². The van der Waals surface area contributed by atoms with E-state index in [0.717, 1.165) is 6.42 Å². The van der Waals surface area contributed by atoms with E-state index in [-0.39, 0.29) is 12.1 Å². The smallest absolute Gasteiger partial charge is 0.237 e. The molecule has 3 nitrogen and oxygen atoms in total. The highest BCUT2D eigenvalue weighted by atomic mass is 16.2. The molecule has 3 heteroatoms. The molecule has 1 aromatic carbocycles. The Kier molecular flexibility index (Phi) is 3.20. The molecule has 1 aliphatic heterocycles. The highest BCUT2D eigenvalue weighted by Gasteiger charge is 2.27. The molecular weight excluding hydrogens is 212 g/mol. The molecule has 1 amide bonds. The zero-order valence-corrected chi connectivity index (χ0v) is 11.0. The third-order valence-electron chi connectivity index (χ3n) is 3.59. The van der Waals surface area contributed by atoms with Crippen LogP contribution in [-0.4, -0.2) is 30.6 Å². The maximum Gasteiger partial charge on any atom is 0.237 e. The molecule has 1 atom stereocenters. The molecule has 0 saturated carbocycles. The standard InChI is InChI=1S/C14H20N2O/c1-9-5-10(2)12(11(3)6-9)7-13-15-8-14(17)16(13)4/h5-6,13,15H,7-8H2,1-4H3/t13-/m0/s1. The van der Waals surface area contributed by atoms with Crippen LogP contribution in [-0.2, 0) is 11.2 Å². The Morgan fingerprint density at radius 3 is 2.35 bits per heavy atom. The van der Waals surface area contributed by atoms with Crippen LogP contribution in [0.25, 0.3) is 0 Å². The van der Waals surface area contributed by atoms with Crippen molar-refractivity contribution in [2.45, 2.75) is 33.4 Å². The average Bonchev–Trinajstić information content (AvgIpc) is 2.54. The fourth-order valence-corrected chi connectivity index (χ4v) is 2.57.